The molecule has 5 nitrogen and oxygen atoms in total. The van der Waals surface area contributed by atoms with Crippen LogP contribution < -0.4 is 4.90 Å². The van der Waals surface area contributed by atoms with Gasteiger partial charge in [-0.05, 0) is 35.7 Å². The number of benzene rings is 2. The highest BCUT2D eigenvalue weighted by Crippen LogP contribution is 2.40. The Morgan fingerprint density at radius 2 is 1.76 bits per heavy atom. The fraction of sp³-hybridized carbons (Fsp3) is 0.480. The van der Waals surface area contributed by atoms with Crippen LogP contribution in [0.3, 0.4) is 0 Å². The van der Waals surface area contributed by atoms with Crippen LogP contribution in [0.1, 0.15) is 16.7 Å². The summed E-state index contributed by atoms with van der Waals surface area (Å²) in [7, 11) is 0. The van der Waals surface area contributed by atoms with E-state index in [1.54, 1.807) is 6.07 Å². The molecule has 2 atom stereocenters. The molecule has 0 unspecified atom stereocenters. The number of carbonyl (C=O) groups excluding carboxylic acids is 1. The molecule has 33 heavy (non-hydrogen) atoms. The molecule has 2 aromatic rings. The van der Waals surface area contributed by atoms with Crippen LogP contribution in [0.25, 0.3) is 0 Å². The monoisotopic (exact) mass is 459 g/mol. The number of carbonyl (C=O) groups is 1. The van der Waals surface area contributed by atoms with Gasteiger partial charge in [-0.15, -0.1) is 0 Å². The summed E-state index contributed by atoms with van der Waals surface area (Å²) in [6.45, 7) is 5.05. The minimum Gasteiger partial charge on any atom is -0.378 e. The van der Waals surface area contributed by atoms with Crippen molar-refractivity contribution in [2.75, 3.05) is 50.8 Å². The summed E-state index contributed by atoms with van der Waals surface area (Å²) in [4.78, 5) is 19.9. The molecular formula is C25H28F3N3O2. The number of anilines is 1. The molecule has 0 radical (unpaired) electrons. The van der Waals surface area contributed by atoms with E-state index in [1.807, 2.05) is 23.1 Å². The number of piperazine rings is 1. The number of amides is 1. The lowest BCUT2D eigenvalue weighted by Crippen LogP contribution is -2.61. The zero-order valence-electron chi connectivity index (χ0n) is 18.4. The second kappa shape index (κ2) is 8.99. The maximum atomic E-state index is 13.6. The highest BCUT2D eigenvalue weighted by molar-refractivity contribution is 5.82. The van der Waals surface area contributed by atoms with E-state index in [2.05, 4.69) is 21.9 Å². The van der Waals surface area contributed by atoms with Gasteiger partial charge in [-0.3, -0.25) is 9.69 Å². The first-order valence-corrected chi connectivity index (χ1v) is 11.5. The lowest BCUT2D eigenvalue weighted by atomic mass is 9.82. The normalized spacial score (nSPS) is 23.7. The lowest BCUT2D eigenvalue weighted by molar-refractivity contribution is -0.141. The second-order valence-electron chi connectivity index (χ2n) is 9.07. The number of hydrogen-bond donors (Lipinski definition) is 0. The number of nitrogens with zero attached hydrogens (tertiary/aromatic N) is 3. The van der Waals surface area contributed by atoms with Gasteiger partial charge in [0.25, 0.3) is 0 Å². The number of fused-ring (bicyclic) bond motifs is 3. The molecule has 0 bridgehead atoms. The molecule has 1 amide bonds. The smallest absolute Gasteiger partial charge is 0.378 e. The highest BCUT2D eigenvalue weighted by atomic mass is 19.4. The fourth-order valence-corrected chi connectivity index (χ4v) is 5.35. The zero-order chi connectivity index (χ0) is 23.0. The Morgan fingerprint density at radius 1 is 1.00 bits per heavy atom. The minimum atomic E-state index is -4.40. The molecule has 2 saturated heterocycles. The van der Waals surface area contributed by atoms with Crippen molar-refractivity contribution in [2.45, 2.75) is 25.2 Å². The number of halogens is 3. The van der Waals surface area contributed by atoms with Gasteiger partial charge in [0, 0.05) is 45.0 Å². The predicted molar refractivity (Wildman–Crippen MR) is 119 cm³/mol. The number of hydrogen-bond acceptors (Lipinski definition) is 4. The van der Waals surface area contributed by atoms with E-state index in [-0.39, 0.29) is 17.9 Å². The lowest BCUT2D eigenvalue weighted by Gasteiger charge is -2.50. The summed E-state index contributed by atoms with van der Waals surface area (Å²) in [6, 6.07) is 14.1. The van der Waals surface area contributed by atoms with E-state index in [0.717, 1.165) is 24.8 Å². The van der Waals surface area contributed by atoms with Crippen LogP contribution in [-0.2, 0) is 28.7 Å². The molecule has 2 aromatic carbocycles. The van der Waals surface area contributed by atoms with Crippen molar-refractivity contribution in [3.05, 3.63) is 65.2 Å². The van der Waals surface area contributed by atoms with Crippen LogP contribution in [0.2, 0.25) is 0 Å². The Labute approximate surface area is 191 Å². The topological polar surface area (TPSA) is 36.0 Å². The molecule has 3 aliphatic rings. The van der Waals surface area contributed by atoms with E-state index in [0.29, 0.717) is 51.4 Å². The molecule has 0 saturated carbocycles. The van der Waals surface area contributed by atoms with Gasteiger partial charge in [0.2, 0.25) is 5.91 Å². The van der Waals surface area contributed by atoms with Gasteiger partial charge in [0.05, 0.1) is 30.7 Å². The molecular weight excluding hydrogens is 431 g/mol. The Bertz CT molecular complexity index is 992. The molecule has 0 aromatic heterocycles. The van der Waals surface area contributed by atoms with Crippen LogP contribution in [0.5, 0.6) is 0 Å². The second-order valence-corrected chi connectivity index (χ2v) is 9.07. The van der Waals surface area contributed by atoms with Crippen molar-refractivity contribution >= 4 is 11.6 Å². The first kappa shape index (κ1) is 22.2. The average molecular weight is 460 g/mol. The summed E-state index contributed by atoms with van der Waals surface area (Å²) in [5.41, 5.74) is 2.01. The summed E-state index contributed by atoms with van der Waals surface area (Å²) in [6.07, 6.45) is -4.07. The third-order valence-corrected chi connectivity index (χ3v) is 7.01. The maximum Gasteiger partial charge on any atom is 0.416 e. The van der Waals surface area contributed by atoms with E-state index >= 15 is 0 Å². The van der Waals surface area contributed by atoms with Gasteiger partial charge in [0.1, 0.15) is 0 Å². The van der Waals surface area contributed by atoms with Crippen molar-refractivity contribution in [2.24, 2.45) is 5.92 Å². The molecule has 0 N–H and O–H groups in total. The molecule has 5 rings (SSSR count). The van der Waals surface area contributed by atoms with Crippen LogP contribution in [-0.4, -0.2) is 67.7 Å². The van der Waals surface area contributed by atoms with Crippen molar-refractivity contribution in [1.82, 2.24) is 9.80 Å². The standard InChI is InChI=1S/C25H28F3N3O2/c26-25(27,28)20-6-7-22-19(14-20)15-21(24(32)30-10-12-33-13-11-30)23-17-29(8-9-31(22)23)16-18-4-2-1-3-5-18/h1-7,14,21,23H,8-13,15-17H2/t21-,23+/m1/s1. The number of alkyl halides is 3. The predicted octanol–water partition coefficient (Wildman–Crippen LogP) is 3.43. The van der Waals surface area contributed by atoms with Crippen LogP contribution in [0.4, 0.5) is 18.9 Å². The first-order valence-electron chi connectivity index (χ1n) is 11.5. The van der Waals surface area contributed by atoms with Crippen LogP contribution in [0, 0.1) is 5.92 Å². The highest BCUT2D eigenvalue weighted by Gasteiger charge is 2.44. The summed E-state index contributed by atoms with van der Waals surface area (Å²) in [5.74, 6) is -0.351. The molecule has 3 aliphatic heterocycles. The molecule has 2 fully saturated rings. The third-order valence-electron chi connectivity index (χ3n) is 7.01. The van der Waals surface area contributed by atoms with Gasteiger partial charge in [-0.25, -0.2) is 0 Å². The van der Waals surface area contributed by atoms with Crippen LogP contribution in [0.15, 0.2) is 48.5 Å². The van der Waals surface area contributed by atoms with E-state index in [9.17, 15) is 18.0 Å². The summed E-state index contributed by atoms with van der Waals surface area (Å²) >= 11 is 0. The third kappa shape index (κ3) is 4.59. The van der Waals surface area contributed by atoms with Gasteiger partial charge in [0.15, 0.2) is 0 Å². The van der Waals surface area contributed by atoms with E-state index in [1.165, 1.54) is 11.6 Å². The zero-order valence-corrected chi connectivity index (χ0v) is 18.4. The number of morpholine rings is 1. The van der Waals surface area contributed by atoms with Gasteiger partial charge in [-0.1, -0.05) is 30.3 Å². The van der Waals surface area contributed by atoms with Gasteiger partial charge < -0.3 is 14.5 Å². The van der Waals surface area contributed by atoms with Crippen molar-refractivity contribution in [3.63, 3.8) is 0 Å². The Balaban J connectivity index is 1.44. The molecule has 0 aliphatic carbocycles. The SMILES string of the molecule is O=C([C@@H]1Cc2cc(C(F)(F)F)ccc2N2CCN(Cc3ccccc3)C[C@@H]12)N1CCOCC1. The van der Waals surface area contributed by atoms with Crippen molar-refractivity contribution in [1.29, 1.82) is 0 Å². The quantitative estimate of drug-likeness (QED) is 0.705. The Hall–Kier alpha value is -2.58. The molecule has 3 heterocycles. The van der Waals surface area contributed by atoms with E-state index in [4.69, 9.17) is 4.74 Å². The largest absolute Gasteiger partial charge is 0.416 e. The number of rotatable bonds is 3. The first-order chi connectivity index (χ1) is 15.9. The van der Waals surface area contributed by atoms with E-state index < -0.39 is 11.7 Å². The minimum absolute atomic E-state index is 0.0259. The Morgan fingerprint density at radius 3 is 2.48 bits per heavy atom. The summed E-state index contributed by atoms with van der Waals surface area (Å²) in [5, 5.41) is 0. The van der Waals surface area contributed by atoms with Gasteiger partial charge in [-0.2, -0.15) is 13.2 Å². The summed E-state index contributed by atoms with van der Waals surface area (Å²) < 4.78 is 45.6. The van der Waals surface area contributed by atoms with Crippen molar-refractivity contribution in [3.8, 4) is 0 Å². The molecule has 176 valence electrons. The number of ether oxygens (including phenoxy) is 1. The fourth-order valence-electron chi connectivity index (χ4n) is 5.35. The van der Waals surface area contributed by atoms with Crippen molar-refractivity contribution < 1.29 is 22.7 Å². The average Bonchev–Trinajstić information content (AvgIpc) is 2.83. The maximum absolute atomic E-state index is 13.6. The van der Waals surface area contributed by atoms with Gasteiger partial charge >= 0.3 is 6.18 Å². The Kier molecular flexibility index (Phi) is 6.05. The van der Waals surface area contributed by atoms with Crippen LogP contribution >= 0.6 is 0 Å². The molecule has 8 heteroatoms. The molecule has 0 spiro atoms.